The highest BCUT2D eigenvalue weighted by atomic mass is 16.5. The second-order valence-corrected chi connectivity index (χ2v) is 6.59. The lowest BCUT2D eigenvalue weighted by Gasteiger charge is -2.21. The van der Waals surface area contributed by atoms with Gasteiger partial charge in [-0.05, 0) is 23.3 Å². The lowest BCUT2D eigenvalue weighted by atomic mass is 9.99. The van der Waals surface area contributed by atoms with Crippen LogP contribution in [0, 0.1) is 0 Å². The maximum atomic E-state index is 6.37. The number of nitrogen functional groups attached to an aromatic ring is 1. The van der Waals surface area contributed by atoms with Crippen molar-refractivity contribution in [3.8, 4) is 17.4 Å². The molecular formula is C24H22N4O2. The number of benzene rings is 3. The van der Waals surface area contributed by atoms with Crippen molar-refractivity contribution >= 4 is 11.5 Å². The zero-order chi connectivity index (χ0) is 20.8. The lowest BCUT2D eigenvalue weighted by Crippen LogP contribution is -2.15. The van der Waals surface area contributed by atoms with Crippen LogP contribution in [-0.2, 0) is 0 Å². The van der Waals surface area contributed by atoms with Crippen molar-refractivity contribution in [3.63, 3.8) is 0 Å². The van der Waals surface area contributed by atoms with E-state index in [4.69, 9.17) is 15.2 Å². The summed E-state index contributed by atoms with van der Waals surface area (Å²) in [5.74, 6) is 1.87. The number of methoxy groups -OCH3 is 1. The van der Waals surface area contributed by atoms with Crippen molar-refractivity contribution in [3.05, 3.63) is 102 Å². The highest BCUT2D eigenvalue weighted by Gasteiger charge is 2.18. The number of hydrogen-bond donors (Lipinski definition) is 2. The number of hydrogen-bond acceptors (Lipinski definition) is 6. The van der Waals surface area contributed by atoms with E-state index in [1.165, 1.54) is 6.33 Å². The fraction of sp³-hybridized carbons (Fsp3) is 0.0833. The van der Waals surface area contributed by atoms with Gasteiger partial charge in [0.15, 0.2) is 17.3 Å². The normalized spacial score (nSPS) is 10.6. The van der Waals surface area contributed by atoms with Gasteiger partial charge in [-0.15, -0.1) is 0 Å². The summed E-state index contributed by atoms with van der Waals surface area (Å²) in [6.45, 7) is 0. The second kappa shape index (κ2) is 8.96. The lowest BCUT2D eigenvalue weighted by molar-refractivity contribution is 0.374. The Hall–Kier alpha value is -4.06. The number of rotatable bonds is 7. The molecule has 6 nitrogen and oxygen atoms in total. The van der Waals surface area contributed by atoms with Crippen LogP contribution in [0.1, 0.15) is 17.2 Å². The number of anilines is 2. The summed E-state index contributed by atoms with van der Waals surface area (Å²) in [7, 11) is 1.59. The molecule has 3 aromatic carbocycles. The number of nitrogens with zero attached hydrogens (tertiary/aromatic N) is 2. The van der Waals surface area contributed by atoms with Crippen LogP contribution in [0.15, 0.2) is 91.3 Å². The molecule has 0 aliphatic rings. The Balaban J connectivity index is 1.67. The summed E-state index contributed by atoms with van der Waals surface area (Å²) < 4.78 is 11.3. The van der Waals surface area contributed by atoms with Gasteiger partial charge in [-0.25, -0.2) is 4.98 Å². The van der Waals surface area contributed by atoms with E-state index in [1.54, 1.807) is 13.2 Å². The Morgan fingerprint density at radius 2 is 1.33 bits per heavy atom. The fourth-order valence-electron chi connectivity index (χ4n) is 3.17. The largest absolute Gasteiger partial charge is 0.493 e. The predicted molar refractivity (Wildman–Crippen MR) is 118 cm³/mol. The highest BCUT2D eigenvalue weighted by Crippen LogP contribution is 2.36. The molecule has 0 saturated carbocycles. The number of nitrogens with one attached hydrogen (secondary N) is 1. The van der Waals surface area contributed by atoms with Gasteiger partial charge < -0.3 is 20.5 Å². The molecule has 4 aromatic rings. The highest BCUT2D eigenvalue weighted by molar-refractivity contribution is 5.68. The molecule has 6 heteroatoms. The molecular weight excluding hydrogens is 376 g/mol. The first kappa shape index (κ1) is 19.3. The molecule has 0 amide bonds. The van der Waals surface area contributed by atoms with Crippen molar-refractivity contribution in [2.24, 2.45) is 0 Å². The Morgan fingerprint density at radius 1 is 0.767 bits per heavy atom. The van der Waals surface area contributed by atoms with Crippen LogP contribution in [-0.4, -0.2) is 17.1 Å². The minimum Gasteiger partial charge on any atom is -0.493 e. The molecule has 1 heterocycles. The molecule has 0 bridgehead atoms. The smallest absolute Gasteiger partial charge is 0.248 e. The first-order chi connectivity index (χ1) is 14.8. The monoisotopic (exact) mass is 398 g/mol. The molecule has 0 fully saturated rings. The molecule has 0 spiro atoms. The van der Waals surface area contributed by atoms with Crippen molar-refractivity contribution in [1.82, 2.24) is 9.97 Å². The van der Waals surface area contributed by atoms with E-state index in [9.17, 15) is 0 Å². The molecule has 0 saturated heterocycles. The average Bonchev–Trinajstić information content (AvgIpc) is 2.81. The third kappa shape index (κ3) is 4.17. The Bertz CT molecular complexity index is 1060. The standard InChI is InChI=1S/C24H22N4O2/c1-29-19-14-8-9-15-20(19)30-24-21(25)23(26-16-27-24)28-22(17-10-4-2-5-11-17)18-12-6-3-7-13-18/h2-16,22H,25H2,1H3,(H,26,27,28). The number of nitrogens with two attached hydrogens (primary N) is 1. The van der Waals surface area contributed by atoms with E-state index in [1.807, 2.05) is 54.6 Å². The Kier molecular flexibility index (Phi) is 5.75. The number of ether oxygens (including phenoxy) is 2. The van der Waals surface area contributed by atoms with Crippen LogP contribution >= 0.6 is 0 Å². The molecule has 1 aromatic heterocycles. The van der Waals surface area contributed by atoms with Gasteiger partial charge >= 0.3 is 0 Å². The van der Waals surface area contributed by atoms with Crippen molar-refractivity contribution < 1.29 is 9.47 Å². The summed E-state index contributed by atoms with van der Waals surface area (Å²) in [5.41, 5.74) is 8.88. The zero-order valence-electron chi connectivity index (χ0n) is 16.5. The van der Waals surface area contributed by atoms with Gasteiger partial charge in [-0.3, -0.25) is 0 Å². The van der Waals surface area contributed by atoms with Crippen LogP contribution in [0.5, 0.6) is 17.4 Å². The molecule has 0 radical (unpaired) electrons. The van der Waals surface area contributed by atoms with Gasteiger partial charge in [-0.1, -0.05) is 72.8 Å². The van der Waals surface area contributed by atoms with E-state index in [0.29, 0.717) is 23.0 Å². The van der Waals surface area contributed by atoms with Crippen LogP contribution in [0.25, 0.3) is 0 Å². The Morgan fingerprint density at radius 3 is 1.93 bits per heavy atom. The average molecular weight is 398 g/mol. The molecule has 4 rings (SSSR count). The number of aromatic nitrogens is 2. The van der Waals surface area contributed by atoms with Crippen LogP contribution < -0.4 is 20.5 Å². The first-order valence-electron chi connectivity index (χ1n) is 9.54. The van der Waals surface area contributed by atoms with E-state index >= 15 is 0 Å². The summed E-state index contributed by atoms with van der Waals surface area (Å²) in [4.78, 5) is 8.56. The topological polar surface area (TPSA) is 82.3 Å². The SMILES string of the molecule is COc1ccccc1Oc1ncnc(NC(c2ccccc2)c2ccccc2)c1N. The quantitative estimate of drug-likeness (QED) is 0.453. The fourth-order valence-corrected chi connectivity index (χ4v) is 3.17. The van der Waals surface area contributed by atoms with Gasteiger partial charge in [0.1, 0.15) is 12.0 Å². The minimum absolute atomic E-state index is 0.135. The maximum Gasteiger partial charge on any atom is 0.248 e. The van der Waals surface area contributed by atoms with Crippen molar-refractivity contribution in [2.45, 2.75) is 6.04 Å². The van der Waals surface area contributed by atoms with Crippen LogP contribution in [0.3, 0.4) is 0 Å². The first-order valence-corrected chi connectivity index (χ1v) is 9.54. The van der Waals surface area contributed by atoms with Gasteiger partial charge in [0.05, 0.1) is 13.2 Å². The third-order valence-electron chi connectivity index (χ3n) is 4.67. The Labute approximate surface area is 175 Å². The van der Waals surface area contributed by atoms with Gasteiger partial charge in [0, 0.05) is 0 Å². The van der Waals surface area contributed by atoms with Gasteiger partial charge in [0.2, 0.25) is 5.88 Å². The van der Waals surface area contributed by atoms with E-state index in [2.05, 4.69) is 39.6 Å². The summed E-state index contributed by atoms with van der Waals surface area (Å²) >= 11 is 0. The molecule has 3 N–H and O–H groups in total. The predicted octanol–water partition coefficient (Wildman–Crippen LogP) is 5.06. The van der Waals surface area contributed by atoms with Crippen LogP contribution in [0.4, 0.5) is 11.5 Å². The van der Waals surface area contributed by atoms with Gasteiger partial charge in [-0.2, -0.15) is 4.98 Å². The summed E-state index contributed by atoms with van der Waals surface area (Å²) in [5, 5.41) is 3.45. The van der Waals surface area contributed by atoms with E-state index in [-0.39, 0.29) is 11.9 Å². The van der Waals surface area contributed by atoms with Crippen molar-refractivity contribution in [1.29, 1.82) is 0 Å². The van der Waals surface area contributed by atoms with Crippen LogP contribution in [0.2, 0.25) is 0 Å². The summed E-state index contributed by atoms with van der Waals surface area (Å²) in [6, 6.07) is 27.5. The number of para-hydroxylation sites is 2. The van der Waals surface area contributed by atoms with E-state index in [0.717, 1.165) is 11.1 Å². The van der Waals surface area contributed by atoms with Crippen molar-refractivity contribution in [2.75, 3.05) is 18.2 Å². The van der Waals surface area contributed by atoms with E-state index < -0.39 is 0 Å². The van der Waals surface area contributed by atoms with Gasteiger partial charge in [0.25, 0.3) is 0 Å². The molecule has 0 unspecified atom stereocenters. The molecule has 0 atom stereocenters. The third-order valence-corrected chi connectivity index (χ3v) is 4.67. The summed E-state index contributed by atoms with van der Waals surface area (Å²) in [6.07, 6.45) is 1.43. The molecule has 0 aliphatic heterocycles. The maximum absolute atomic E-state index is 6.37. The molecule has 0 aliphatic carbocycles. The molecule has 30 heavy (non-hydrogen) atoms. The molecule has 150 valence electrons. The second-order valence-electron chi connectivity index (χ2n) is 6.59. The minimum atomic E-state index is -0.135. The zero-order valence-corrected chi connectivity index (χ0v) is 16.5.